The zero-order valence-corrected chi connectivity index (χ0v) is 7.20. The Morgan fingerprint density at radius 1 is 0.714 bits per heavy atom. The van der Waals surface area contributed by atoms with Crippen molar-refractivity contribution in [2.75, 3.05) is 0 Å². The Balaban J connectivity index is 2.49. The molecule has 0 radical (unpaired) electrons. The molecule has 4 nitrogen and oxygen atoms in total. The van der Waals surface area contributed by atoms with Crippen molar-refractivity contribution in [1.29, 1.82) is 0 Å². The summed E-state index contributed by atoms with van der Waals surface area (Å²) in [6.45, 7) is 0. The minimum absolute atomic E-state index is 0.150. The van der Waals surface area contributed by atoms with Gasteiger partial charge in [0.1, 0.15) is 0 Å². The summed E-state index contributed by atoms with van der Waals surface area (Å²) in [6.07, 6.45) is 0. The van der Waals surface area contributed by atoms with E-state index in [9.17, 15) is 10.2 Å². The molecule has 3 rings (SSSR count). The van der Waals surface area contributed by atoms with E-state index in [0.29, 0.717) is 0 Å². The molecule has 4 heteroatoms. The summed E-state index contributed by atoms with van der Waals surface area (Å²) in [5.74, 6) is 0.300. The van der Waals surface area contributed by atoms with E-state index in [2.05, 4.69) is 9.97 Å². The molecule has 0 aliphatic rings. The third-order valence-electron chi connectivity index (χ3n) is 2.33. The fourth-order valence-electron chi connectivity index (χ4n) is 1.73. The van der Waals surface area contributed by atoms with Crippen LogP contribution in [0.15, 0.2) is 24.3 Å². The lowest BCUT2D eigenvalue weighted by molar-refractivity contribution is 0.458. The molecular formula is C10H8N2O2. The SMILES string of the molecule is Oc1cc2cc3[nH]c(O)cc3cc2[nH]1. The number of nitrogens with one attached hydrogen (secondary N) is 2. The average molecular weight is 188 g/mol. The van der Waals surface area contributed by atoms with Crippen LogP contribution in [0, 0.1) is 0 Å². The lowest BCUT2D eigenvalue weighted by Gasteiger charge is -1.90. The van der Waals surface area contributed by atoms with Crippen LogP contribution in [0.4, 0.5) is 0 Å². The molecule has 0 saturated heterocycles. The van der Waals surface area contributed by atoms with E-state index in [1.807, 2.05) is 12.1 Å². The number of aromatic amines is 2. The van der Waals surface area contributed by atoms with Gasteiger partial charge in [-0.3, -0.25) is 0 Å². The molecule has 0 aliphatic heterocycles. The van der Waals surface area contributed by atoms with Crippen molar-refractivity contribution >= 4 is 21.8 Å². The van der Waals surface area contributed by atoms with Gasteiger partial charge in [0.25, 0.3) is 0 Å². The molecule has 0 spiro atoms. The first-order chi connectivity index (χ1) is 6.72. The molecule has 70 valence electrons. The average Bonchev–Trinajstić information content (AvgIpc) is 2.59. The number of aromatic nitrogens is 2. The summed E-state index contributed by atoms with van der Waals surface area (Å²) in [4.78, 5) is 5.64. The highest BCUT2D eigenvalue weighted by Crippen LogP contribution is 2.27. The highest BCUT2D eigenvalue weighted by Gasteiger charge is 2.04. The van der Waals surface area contributed by atoms with E-state index in [1.165, 1.54) is 0 Å². The first kappa shape index (κ1) is 7.32. The van der Waals surface area contributed by atoms with E-state index < -0.39 is 0 Å². The third kappa shape index (κ3) is 0.877. The fraction of sp³-hybridized carbons (Fsp3) is 0. The van der Waals surface area contributed by atoms with Crippen LogP contribution in [-0.2, 0) is 0 Å². The van der Waals surface area contributed by atoms with Gasteiger partial charge in [0.15, 0.2) is 11.8 Å². The Hall–Kier alpha value is -2.10. The van der Waals surface area contributed by atoms with E-state index in [-0.39, 0.29) is 11.8 Å². The van der Waals surface area contributed by atoms with Gasteiger partial charge in [-0.2, -0.15) is 0 Å². The number of benzene rings is 1. The predicted molar refractivity (Wildman–Crippen MR) is 53.5 cm³/mol. The molecule has 0 aliphatic carbocycles. The first-order valence-corrected chi connectivity index (χ1v) is 4.26. The van der Waals surface area contributed by atoms with Crippen LogP contribution < -0.4 is 0 Å². The summed E-state index contributed by atoms with van der Waals surface area (Å²) < 4.78 is 0. The maximum Gasteiger partial charge on any atom is 0.189 e. The largest absolute Gasteiger partial charge is 0.495 e. The summed E-state index contributed by atoms with van der Waals surface area (Å²) in [5.41, 5.74) is 1.71. The van der Waals surface area contributed by atoms with Crippen molar-refractivity contribution in [3.8, 4) is 11.8 Å². The van der Waals surface area contributed by atoms with Crippen molar-refractivity contribution < 1.29 is 10.2 Å². The molecule has 0 bridgehead atoms. The van der Waals surface area contributed by atoms with E-state index in [4.69, 9.17) is 0 Å². The maximum absolute atomic E-state index is 9.24. The second kappa shape index (κ2) is 2.23. The number of hydrogen-bond donors (Lipinski definition) is 4. The molecule has 0 amide bonds. The third-order valence-corrected chi connectivity index (χ3v) is 2.33. The van der Waals surface area contributed by atoms with Crippen molar-refractivity contribution in [1.82, 2.24) is 9.97 Å². The van der Waals surface area contributed by atoms with Crippen molar-refractivity contribution in [2.45, 2.75) is 0 Å². The molecule has 4 N–H and O–H groups in total. The summed E-state index contributed by atoms with van der Waals surface area (Å²) in [6, 6.07) is 7.04. The Morgan fingerprint density at radius 2 is 1.14 bits per heavy atom. The van der Waals surface area contributed by atoms with E-state index in [1.54, 1.807) is 12.1 Å². The molecule has 2 heterocycles. The Labute approximate surface area is 78.8 Å². The molecule has 1 aromatic carbocycles. The van der Waals surface area contributed by atoms with E-state index >= 15 is 0 Å². The Bertz CT molecular complexity index is 519. The second-order valence-electron chi connectivity index (χ2n) is 3.34. The van der Waals surface area contributed by atoms with Crippen LogP contribution in [0.5, 0.6) is 11.8 Å². The minimum atomic E-state index is 0.150. The van der Waals surface area contributed by atoms with Gasteiger partial charge in [-0.05, 0) is 12.1 Å². The van der Waals surface area contributed by atoms with Gasteiger partial charge in [-0.15, -0.1) is 0 Å². The molecule has 2 aromatic heterocycles. The molecule has 0 fully saturated rings. The lowest BCUT2D eigenvalue weighted by Crippen LogP contribution is -1.69. The van der Waals surface area contributed by atoms with Crippen molar-refractivity contribution in [2.24, 2.45) is 0 Å². The van der Waals surface area contributed by atoms with E-state index in [0.717, 1.165) is 21.8 Å². The van der Waals surface area contributed by atoms with Gasteiger partial charge in [0.05, 0.1) is 0 Å². The molecule has 0 atom stereocenters. The minimum Gasteiger partial charge on any atom is -0.495 e. The number of rotatable bonds is 0. The van der Waals surface area contributed by atoms with Crippen molar-refractivity contribution in [3.05, 3.63) is 24.3 Å². The first-order valence-electron chi connectivity index (χ1n) is 4.26. The Morgan fingerprint density at radius 3 is 1.57 bits per heavy atom. The second-order valence-corrected chi connectivity index (χ2v) is 3.34. The monoisotopic (exact) mass is 188 g/mol. The quantitative estimate of drug-likeness (QED) is 0.436. The lowest BCUT2D eigenvalue weighted by atomic mass is 10.2. The van der Waals surface area contributed by atoms with Crippen molar-refractivity contribution in [3.63, 3.8) is 0 Å². The van der Waals surface area contributed by atoms with Gasteiger partial charge in [-0.25, -0.2) is 0 Å². The molecule has 14 heavy (non-hydrogen) atoms. The van der Waals surface area contributed by atoms with Crippen LogP contribution in [0.25, 0.3) is 21.8 Å². The molecule has 0 saturated carbocycles. The van der Waals surface area contributed by atoms with Crippen LogP contribution in [0.1, 0.15) is 0 Å². The fourth-order valence-corrected chi connectivity index (χ4v) is 1.73. The zero-order chi connectivity index (χ0) is 9.71. The number of aromatic hydroxyl groups is 2. The van der Waals surface area contributed by atoms with Gasteiger partial charge in [0.2, 0.25) is 0 Å². The topological polar surface area (TPSA) is 72.0 Å². The van der Waals surface area contributed by atoms with Crippen LogP contribution >= 0.6 is 0 Å². The summed E-state index contributed by atoms with van der Waals surface area (Å²) >= 11 is 0. The number of fused-ring (bicyclic) bond motifs is 2. The summed E-state index contributed by atoms with van der Waals surface area (Å²) in [5, 5.41) is 20.3. The molecule has 3 aromatic rings. The predicted octanol–water partition coefficient (Wildman–Crippen LogP) is 2.06. The van der Waals surface area contributed by atoms with Gasteiger partial charge >= 0.3 is 0 Å². The highest BCUT2D eigenvalue weighted by atomic mass is 16.3. The molecule has 0 unspecified atom stereocenters. The molecular weight excluding hydrogens is 180 g/mol. The summed E-state index contributed by atoms with van der Waals surface area (Å²) in [7, 11) is 0. The van der Waals surface area contributed by atoms with Crippen LogP contribution in [0.3, 0.4) is 0 Å². The number of hydrogen-bond acceptors (Lipinski definition) is 2. The van der Waals surface area contributed by atoms with Gasteiger partial charge in [0, 0.05) is 33.9 Å². The maximum atomic E-state index is 9.24. The smallest absolute Gasteiger partial charge is 0.189 e. The van der Waals surface area contributed by atoms with Gasteiger partial charge < -0.3 is 20.2 Å². The number of H-pyrrole nitrogens is 2. The Kier molecular flexibility index (Phi) is 1.16. The normalized spacial score (nSPS) is 11.4. The zero-order valence-electron chi connectivity index (χ0n) is 7.20. The standard InChI is InChI=1S/C10H8N2O2/c13-9-3-5-1-7-6(2-8(5)12-9)4-10(14)11-7/h1-4,11-14H. The highest BCUT2D eigenvalue weighted by molar-refractivity contribution is 5.96. The van der Waals surface area contributed by atoms with Gasteiger partial charge in [-0.1, -0.05) is 0 Å². The van der Waals surface area contributed by atoms with Crippen LogP contribution in [0.2, 0.25) is 0 Å². The van der Waals surface area contributed by atoms with Crippen LogP contribution in [-0.4, -0.2) is 20.2 Å².